The molecule has 0 saturated heterocycles. The van der Waals surface area contributed by atoms with E-state index in [4.69, 9.17) is 10.5 Å². The van der Waals surface area contributed by atoms with Gasteiger partial charge in [-0.1, -0.05) is 0 Å². The Morgan fingerprint density at radius 2 is 2.07 bits per heavy atom. The van der Waals surface area contributed by atoms with E-state index in [-0.39, 0.29) is 23.5 Å². The van der Waals surface area contributed by atoms with Crippen LogP contribution in [-0.2, 0) is 0 Å². The molecule has 2 unspecified atom stereocenters. The predicted octanol–water partition coefficient (Wildman–Crippen LogP) is 0.921. The lowest BCUT2D eigenvalue weighted by Gasteiger charge is -2.07. The molecule has 0 spiro atoms. The molecular weight excluding hydrogens is 182 g/mol. The molecular formula is C10H13NO3. The Labute approximate surface area is 81.9 Å². The number of phenolic OH excluding ortho intramolecular Hbond substituents is 2. The molecule has 1 aromatic carbocycles. The monoisotopic (exact) mass is 195 g/mol. The van der Waals surface area contributed by atoms with Gasteiger partial charge in [0.2, 0.25) is 5.75 Å². The van der Waals surface area contributed by atoms with E-state index < -0.39 is 0 Å². The second-order valence-corrected chi connectivity index (χ2v) is 3.60. The second-order valence-electron chi connectivity index (χ2n) is 3.60. The Bertz CT molecular complexity index is 365. The van der Waals surface area contributed by atoms with Crippen LogP contribution in [0.1, 0.15) is 17.9 Å². The fourth-order valence-corrected chi connectivity index (χ4v) is 1.58. The van der Waals surface area contributed by atoms with E-state index in [1.54, 1.807) is 6.07 Å². The van der Waals surface area contributed by atoms with Gasteiger partial charge in [0.1, 0.15) is 0 Å². The van der Waals surface area contributed by atoms with Gasteiger partial charge in [0.15, 0.2) is 11.5 Å². The topological polar surface area (TPSA) is 75.7 Å². The van der Waals surface area contributed by atoms with Crippen LogP contribution in [-0.4, -0.2) is 23.4 Å². The van der Waals surface area contributed by atoms with Crippen molar-refractivity contribution in [2.24, 2.45) is 5.73 Å². The maximum absolute atomic E-state index is 9.40. The van der Waals surface area contributed by atoms with Crippen molar-refractivity contribution in [3.63, 3.8) is 0 Å². The standard InChI is InChI=1S/C10H13NO3/c1-14-9-3-5(6-4-7(6)11)2-8(12)10(9)13/h2-3,6-7,12-13H,4,11H2,1H3. The van der Waals surface area contributed by atoms with Crippen molar-refractivity contribution < 1.29 is 14.9 Å². The summed E-state index contributed by atoms with van der Waals surface area (Å²) in [5, 5.41) is 18.8. The number of ether oxygens (including phenoxy) is 1. The van der Waals surface area contributed by atoms with E-state index in [1.165, 1.54) is 13.2 Å². The van der Waals surface area contributed by atoms with E-state index in [0.717, 1.165) is 12.0 Å². The molecule has 1 fully saturated rings. The fraction of sp³-hybridized carbons (Fsp3) is 0.400. The molecule has 1 aliphatic carbocycles. The first-order valence-electron chi connectivity index (χ1n) is 4.49. The van der Waals surface area contributed by atoms with Crippen LogP contribution in [0.25, 0.3) is 0 Å². The molecule has 4 N–H and O–H groups in total. The molecule has 76 valence electrons. The number of rotatable bonds is 2. The molecule has 0 aromatic heterocycles. The molecule has 0 amide bonds. The molecule has 4 heteroatoms. The zero-order valence-corrected chi connectivity index (χ0v) is 7.90. The third kappa shape index (κ3) is 1.37. The Hall–Kier alpha value is -1.42. The van der Waals surface area contributed by atoms with Crippen LogP contribution in [0.2, 0.25) is 0 Å². The molecule has 2 atom stereocenters. The summed E-state index contributed by atoms with van der Waals surface area (Å²) in [5.74, 6) is 0.207. The number of phenols is 2. The van der Waals surface area contributed by atoms with Crippen LogP contribution in [0.15, 0.2) is 12.1 Å². The van der Waals surface area contributed by atoms with Crippen molar-refractivity contribution in [1.82, 2.24) is 0 Å². The van der Waals surface area contributed by atoms with E-state index in [9.17, 15) is 10.2 Å². The minimum atomic E-state index is -0.217. The van der Waals surface area contributed by atoms with Crippen molar-refractivity contribution in [3.05, 3.63) is 17.7 Å². The lowest BCUT2D eigenvalue weighted by molar-refractivity contribution is 0.350. The van der Waals surface area contributed by atoms with Crippen molar-refractivity contribution in [2.75, 3.05) is 7.11 Å². The first kappa shape index (κ1) is 9.15. The minimum absolute atomic E-state index is 0.154. The molecule has 1 aromatic rings. The normalized spacial score (nSPS) is 24.7. The fourth-order valence-electron chi connectivity index (χ4n) is 1.58. The third-order valence-electron chi connectivity index (χ3n) is 2.57. The number of aromatic hydroxyl groups is 2. The molecule has 2 rings (SSSR count). The molecule has 0 radical (unpaired) electrons. The van der Waals surface area contributed by atoms with E-state index >= 15 is 0 Å². The zero-order valence-electron chi connectivity index (χ0n) is 7.90. The molecule has 0 bridgehead atoms. The summed E-state index contributed by atoms with van der Waals surface area (Å²) in [6.07, 6.45) is 0.924. The number of methoxy groups -OCH3 is 1. The SMILES string of the molecule is COc1cc(C2CC2N)cc(O)c1O. The summed E-state index contributed by atoms with van der Waals surface area (Å²) in [6, 6.07) is 3.42. The van der Waals surface area contributed by atoms with Crippen molar-refractivity contribution >= 4 is 0 Å². The molecule has 0 heterocycles. The maximum atomic E-state index is 9.40. The Morgan fingerprint density at radius 1 is 1.43 bits per heavy atom. The Morgan fingerprint density at radius 3 is 2.57 bits per heavy atom. The van der Waals surface area contributed by atoms with Gasteiger partial charge in [-0.15, -0.1) is 0 Å². The van der Waals surface area contributed by atoms with Crippen molar-refractivity contribution in [2.45, 2.75) is 18.4 Å². The second kappa shape index (κ2) is 3.06. The van der Waals surface area contributed by atoms with E-state index in [0.29, 0.717) is 5.75 Å². The summed E-state index contributed by atoms with van der Waals surface area (Å²) in [4.78, 5) is 0. The van der Waals surface area contributed by atoms with Gasteiger partial charge in [-0.3, -0.25) is 0 Å². The van der Waals surface area contributed by atoms with Crippen LogP contribution >= 0.6 is 0 Å². The van der Waals surface area contributed by atoms with Crippen molar-refractivity contribution in [1.29, 1.82) is 0 Å². The number of benzene rings is 1. The minimum Gasteiger partial charge on any atom is -0.504 e. The van der Waals surface area contributed by atoms with Crippen LogP contribution in [0.4, 0.5) is 0 Å². The first-order valence-corrected chi connectivity index (χ1v) is 4.49. The molecule has 0 aliphatic heterocycles. The van der Waals surface area contributed by atoms with Gasteiger partial charge in [0, 0.05) is 12.0 Å². The first-order chi connectivity index (χ1) is 6.63. The molecule has 4 nitrogen and oxygen atoms in total. The number of nitrogens with two attached hydrogens (primary N) is 1. The molecule has 1 saturated carbocycles. The van der Waals surface area contributed by atoms with Crippen LogP contribution in [0.3, 0.4) is 0 Å². The lowest BCUT2D eigenvalue weighted by Crippen LogP contribution is -2.01. The van der Waals surface area contributed by atoms with Gasteiger partial charge in [0.05, 0.1) is 7.11 Å². The summed E-state index contributed by atoms with van der Waals surface area (Å²) in [7, 11) is 1.45. The quantitative estimate of drug-likeness (QED) is 0.613. The van der Waals surface area contributed by atoms with Crippen LogP contribution in [0, 0.1) is 0 Å². The highest BCUT2D eigenvalue weighted by Gasteiger charge is 2.35. The van der Waals surface area contributed by atoms with Gasteiger partial charge in [-0.25, -0.2) is 0 Å². The van der Waals surface area contributed by atoms with Gasteiger partial charge in [0.25, 0.3) is 0 Å². The Balaban J connectivity index is 2.38. The molecule has 1 aliphatic rings. The van der Waals surface area contributed by atoms with E-state index in [1.807, 2.05) is 0 Å². The average molecular weight is 195 g/mol. The van der Waals surface area contributed by atoms with Gasteiger partial charge in [-0.2, -0.15) is 0 Å². The predicted molar refractivity (Wildman–Crippen MR) is 51.7 cm³/mol. The highest BCUT2D eigenvalue weighted by molar-refractivity contribution is 5.53. The Kier molecular flexibility index (Phi) is 2.00. The largest absolute Gasteiger partial charge is 0.504 e. The zero-order chi connectivity index (χ0) is 10.3. The average Bonchev–Trinajstić information content (AvgIpc) is 2.87. The molecule has 14 heavy (non-hydrogen) atoms. The van der Waals surface area contributed by atoms with Gasteiger partial charge >= 0.3 is 0 Å². The summed E-state index contributed by atoms with van der Waals surface area (Å²) in [5.41, 5.74) is 6.61. The summed E-state index contributed by atoms with van der Waals surface area (Å²) < 4.78 is 4.93. The summed E-state index contributed by atoms with van der Waals surface area (Å²) in [6.45, 7) is 0. The number of hydrogen-bond acceptors (Lipinski definition) is 4. The highest BCUT2D eigenvalue weighted by atomic mass is 16.5. The third-order valence-corrected chi connectivity index (χ3v) is 2.57. The van der Waals surface area contributed by atoms with Crippen LogP contribution in [0.5, 0.6) is 17.2 Å². The van der Waals surface area contributed by atoms with E-state index in [2.05, 4.69) is 0 Å². The highest BCUT2D eigenvalue weighted by Crippen LogP contribution is 2.45. The lowest BCUT2D eigenvalue weighted by atomic mass is 10.1. The van der Waals surface area contributed by atoms with Crippen LogP contribution < -0.4 is 10.5 Å². The van der Waals surface area contributed by atoms with Crippen molar-refractivity contribution in [3.8, 4) is 17.2 Å². The summed E-state index contributed by atoms with van der Waals surface area (Å²) >= 11 is 0. The smallest absolute Gasteiger partial charge is 0.200 e. The maximum Gasteiger partial charge on any atom is 0.200 e. The van der Waals surface area contributed by atoms with Gasteiger partial charge < -0.3 is 20.7 Å². The number of hydrogen-bond donors (Lipinski definition) is 3. The van der Waals surface area contributed by atoms with Gasteiger partial charge in [-0.05, 0) is 24.1 Å².